The Hall–Kier alpha value is -1.26. The standard InChI is InChI=1S/C14H16FNOS/c1-9(16)14(11-5-3-4-6-12(11)15)18-13-7-8-17-10(13)2/h3-9,14H,16H2,1-2H3. The lowest BCUT2D eigenvalue weighted by atomic mass is 10.1. The molecule has 1 aromatic carbocycles. The van der Waals surface area contributed by atoms with Gasteiger partial charge >= 0.3 is 0 Å². The van der Waals surface area contributed by atoms with Crippen molar-refractivity contribution >= 4 is 11.8 Å². The molecular formula is C14H16FNOS. The van der Waals surface area contributed by atoms with Crippen molar-refractivity contribution in [2.75, 3.05) is 0 Å². The lowest BCUT2D eigenvalue weighted by molar-refractivity contribution is 0.526. The summed E-state index contributed by atoms with van der Waals surface area (Å²) in [5.41, 5.74) is 6.62. The zero-order valence-electron chi connectivity index (χ0n) is 10.4. The minimum atomic E-state index is -0.214. The van der Waals surface area contributed by atoms with Gasteiger partial charge in [-0.25, -0.2) is 4.39 Å². The van der Waals surface area contributed by atoms with Crippen LogP contribution < -0.4 is 5.73 Å². The van der Waals surface area contributed by atoms with Crippen LogP contribution in [0.2, 0.25) is 0 Å². The summed E-state index contributed by atoms with van der Waals surface area (Å²) in [7, 11) is 0. The Balaban J connectivity index is 2.30. The number of hydrogen-bond acceptors (Lipinski definition) is 3. The second-order valence-corrected chi connectivity index (χ2v) is 5.44. The quantitative estimate of drug-likeness (QED) is 0.852. The molecule has 18 heavy (non-hydrogen) atoms. The van der Waals surface area contributed by atoms with Gasteiger partial charge in [0.05, 0.1) is 11.5 Å². The fraction of sp³-hybridized carbons (Fsp3) is 0.286. The van der Waals surface area contributed by atoms with Crippen LogP contribution in [0.1, 0.15) is 23.5 Å². The number of thioether (sulfide) groups is 1. The predicted molar refractivity (Wildman–Crippen MR) is 72.1 cm³/mol. The van der Waals surface area contributed by atoms with Gasteiger partial charge in [-0.2, -0.15) is 0 Å². The van der Waals surface area contributed by atoms with Gasteiger partial charge < -0.3 is 10.2 Å². The maximum Gasteiger partial charge on any atom is 0.127 e. The lowest BCUT2D eigenvalue weighted by Gasteiger charge is -2.20. The molecule has 2 nitrogen and oxygen atoms in total. The highest BCUT2D eigenvalue weighted by Crippen LogP contribution is 2.39. The predicted octanol–water partition coefficient (Wildman–Crippen LogP) is 3.91. The summed E-state index contributed by atoms with van der Waals surface area (Å²) in [6, 6.07) is 8.50. The fourth-order valence-corrected chi connectivity index (χ4v) is 2.95. The van der Waals surface area contributed by atoms with E-state index in [1.807, 2.05) is 26.0 Å². The van der Waals surface area contributed by atoms with Crippen LogP contribution in [-0.4, -0.2) is 6.04 Å². The number of furan rings is 1. The SMILES string of the molecule is Cc1occc1SC(c1ccccc1F)C(C)N. The van der Waals surface area contributed by atoms with Crippen molar-refractivity contribution in [3.63, 3.8) is 0 Å². The maximum absolute atomic E-state index is 13.8. The summed E-state index contributed by atoms with van der Waals surface area (Å²) in [4.78, 5) is 1.00. The van der Waals surface area contributed by atoms with Crippen molar-refractivity contribution < 1.29 is 8.81 Å². The van der Waals surface area contributed by atoms with Gasteiger partial charge in [-0.1, -0.05) is 18.2 Å². The largest absolute Gasteiger partial charge is 0.468 e. The average Bonchev–Trinajstić information content (AvgIpc) is 2.73. The molecule has 0 radical (unpaired) electrons. The molecule has 0 saturated carbocycles. The van der Waals surface area contributed by atoms with Gasteiger partial charge in [0.25, 0.3) is 0 Å². The number of benzene rings is 1. The third kappa shape index (κ3) is 2.76. The van der Waals surface area contributed by atoms with Crippen LogP contribution in [-0.2, 0) is 0 Å². The number of halogens is 1. The minimum absolute atomic E-state index is 0.123. The van der Waals surface area contributed by atoms with E-state index in [9.17, 15) is 4.39 Å². The molecule has 0 aliphatic heterocycles. The van der Waals surface area contributed by atoms with Gasteiger partial charge in [-0.05, 0) is 26.0 Å². The van der Waals surface area contributed by atoms with E-state index in [-0.39, 0.29) is 17.1 Å². The van der Waals surface area contributed by atoms with Gasteiger partial charge in [-0.3, -0.25) is 0 Å². The molecule has 0 spiro atoms. The van der Waals surface area contributed by atoms with Crippen LogP contribution in [0.4, 0.5) is 4.39 Å². The fourth-order valence-electron chi connectivity index (χ4n) is 1.79. The van der Waals surface area contributed by atoms with Crippen molar-refractivity contribution in [1.82, 2.24) is 0 Å². The van der Waals surface area contributed by atoms with E-state index < -0.39 is 0 Å². The molecule has 2 atom stereocenters. The highest BCUT2D eigenvalue weighted by Gasteiger charge is 2.22. The van der Waals surface area contributed by atoms with E-state index in [0.717, 1.165) is 10.7 Å². The summed E-state index contributed by atoms with van der Waals surface area (Å²) < 4.78 is 19.1. The molecule has 1 heterocycles. The summed E-state index contributed by atoms with van der Waals surface area (Å²) in [5.74, 6) is 0.621. The number of aryl methyl sites for hydroxylation is 1. The first-order chi connectivity index (χ1) is 8.59. The van der Waals surface area contributed by atoms with Crippen LogP contribution in [0.25, 0.3) is 0 Å². The summed E-state index contributed by atoms with van der Waals surface area (Å²) in [6.45, 7) is 3.78. The molecule has 0 aliphatic rings. The first kappa shape index (κ1) is 13.2. The van der Waals surface area contributed by atoms with Crippen LogP contribution >= 0.6 is 11.8 Å². The van der Waals surface area contributed by atoms with Crippen molar-refractivity contribution in [2.45, 2.75) is 30.0 Å². The Labute approximate surface area is 110 Å². The second-order valence-electron chi connectivity index (χ2n) is 4.26. The molecule has 1 aromatic heterocycles. The van der Waals surface area contributed by atoms with Crippen LogP contribution in [0.3, 0.4) is 0 Å². The van der Waals surface area contributed by atoms with Crippen molar-refractivity contribution in [2.24, 2.45) is 5.73 Å². The third-order valence-corrected chi connectivity index (χ3v) is 4.37. The maximum atomic E-state index is 13.8. The van der Waals surface area contributed by atoms with Crippen LogP contribution in [0, 0.1) is 12.7 Å². The molecule has 0 bridgehead atoms. The lowest BCUT2D eigenvalue weighted by Crippen LogP contribution is -2.23. The van der Waals surface area contributed by atoms with E-state index in [1.54, 1.807) is 18.4 Å². The molecule has 0 fully saturated rings. The van der Waals surface area contributed by atoms with E-state index in [1.165, 1.54) is 17.8 Å². The molecule has 4 heteroatoms. The molecule has 0 saturated heterocycles. The highest BCUT2D eigenvalue weighted by molar-refractivity contribution is 7.99. The summed E-state index contributed by atoms with van der Waals surface area (Å²) in [6.07, 6.45) is 1.64. The van der Waals surface area contributed by atoms with Gasteiger partial charge in [0.1, 0.15) is 11.6 Å². The Kier molecular flexibility index (Phi) is 4.09. The van der Waals surface area contributed by atoms with Gasteiger partial charge in [0.15, 0.2) is 0 Å². The second kappa shape index (κ2) is 5.59. The molecule has 2 N–H and O–H groups in total. The molecule has 2 unspecified atom stereocenters. The first-order valence-corrected chi connectivity index (χ1v) is 6.68. The Bertz CT molecular complexity index is 524. The summed E-state index contributed by atoms with van der Waals surface area (Å²) in [5, 5.41) is -0.123. The Morgan fingerprint density at radius 1 is 1.28 bits per heavy atom. The minimum Gasteiger partial charge on any atom is -0.468 e. The topological polar surface area (TPSA) is 39.2 Å². The van der Waals surface area contributed by atoms with E-state index in [0.29, 0.717) is 5.56 Å². The number of hydrogen-bond donors (Lipinski definition) is 1. The van der Waals surface area contributed by atoms with Crippen molar-refractivity contribution in [3.8, 4) is 0 Å². The Morgan fingerprint density at radius 3 is 2.56 bits per heavy atom. The summed E-state index contributed by atoms with van der Waals surface area (Å²) >= 11 is 1.54. The van der Waals surface area contributed by atoms with Crippen molar-refractivity contribution in [3.05, 3.63) is 53.7 Å². The number of rotatable bonds is 4. The van der Waals surface area contributed by atoms with Crippen molar-refractivity contribution in [1.29, 1.82) is 0 Å². The number of nitrogens with two attached hydrogens (primary N) is 1. The first-order valence-electron chi connectivity index (χ1n) is 5.80. The molecular weight excluding hydrogens is 249 g/mol. The molecule has 0 aliphatic carbocycles. The van der Waals surface area contributed by atoms with Gasteiger partial charge in [0, 0.05) is 16.5 Å². The van der Waals surface area contributed by atoms with Gasteiger partial charge in [-0.15, -0.1) is 11.8 Å². The molecule has 2 rings (SSSR count). The third-order valence-electron chi connectivity index (χ3n) is 2.75. The molecule has 2 aromatic rings. The van der Waals surface area contributed by atoms with Crippen LogP contribution in [0.15, 0.2) is 45.9 Å². The Morgan fingerprint density at radius 2 is 2.00 bits per heavy atom. The molecule has 96 valence electrons. The van der Waals surface area contributed by atoms with E-state index >= 15 is 0 Å². The van der Waals surface area contributed by atoms with Gasteiger partial charge in [0.2, 0.25) is 0 Å². The molecule has 0 amide bonds. The van der Waals surface area contributed by atoms with E-state index in [2.05, 4.69) is 0 Å². The van der Waals surface area contributed by atoms with E-state index in [4.69, 9.17) is 10.2 Å². The monoisotopic (exact) mass is 265 g/mol. The van der Waals surface area contributed by atoms with Crippen LogP contribution in [0.5, 0.6) is 0 Å². The average molecular weight is 265 g/mol. The smallest absolute Gasteiger partial charge is 0.127 e. The zero-order valence-corrected chi connectivity index (χ0v) is 11.2. The zero-order chi connectivity index (χ0) is 13.1. The normalized spacial score (nSPS) is 14.4. The highest BCUT2D eigenvalue weighted by atomic mass is 32.2.